The molecule has 0 bridgehead atoms. The fourth-order valence-electron chi connectivity index (χ4n) is 2.93. The predicted molar refractivity (Wildman–Crippen MR) is 95.4 cm³/mol. The zero-order valence-corrected chi connectivity index (χ0v) is 13.9. The Balaban J connectivity index is 2.43. The number of phenols is 1. The Kier molecular flexibility index (Phi) is 3.69. The molecule has 23 heavy (non-hydrogen) atoms. The van der Waals surface area contributed by atoms with Gasteiger partial charge in [0.15, 0.2) is 6.29 Å². The van der Waals surface area contributed by atoms with Crippen molar-refractivity contribution < 1.29 is 9.90 Å². The van der Waals surface area contributed by atoms with Gasteiger partial charge in [0, 0.05) is 5.39 Å². The number of fused-ring (bicyclic) bond motifs is 1. The summed E-state index contributed by atoms with van der Waals surface area (Å²) in [6.07, 6.45) is 0.717. The van der Waals surface area contributed by atoms with Gasteiger partial charge < -0.3 is 5.11 Å². The van der Waals surface area contributed by atoms with E-state index in [1.54, 1.807) is 6.07 Å². The second-order valence-corrected chi connectivity index (χ2v) is 6.26. The molecule has 3 aromatic carbocycles. The lowest BCUT2D eigenvalue weighted by Gasteiger charge is -2.14. The molecule has 0 atom stereocenters. The van der Waals surface area contributed by atoms with Gasteiger partial charge in [-0.3, -0.25) is 4.79 Å². The Morgan fingerprint density at radius 3 is 2.00 bits per heavy atom. The first-order valence-electron chi connectivity index (χ1n) is 7.72. The molecule has 0 aromatic heterocycles. The maximum Gasteiger partial charge on any atom is 0.153 e. The number of carbonyl (C=O) groups is 1. The Labute approximate surface area is 136 Å². The number of carbonyl (C=O) groups excluding carboxylic acids is 1. The second-order valence-electron chi connectivity index (χ2n) is 6.26. The molecule has 3 rings (SSSR count). The predicted octanol–water partition coefficient (Wildman–Crippen LogP) is 5.26. The van der Waals surface area contributed by atoms with E-state index in [9.17, 15) is 9.90 Å². The van der Waals surface area contributed by atoms with Gasteiger partial charge >= 0.3 is 0 Å². The van der Waals surface area contributed by atoms with Gasteiger partial charge in [0.2, 0.25) is 0 Å². The van der Waals surface area contributed by atoms with Gasteiger partial charge in [0.1, 0.15) is 5.75 Å². The Bertz CT molecular complexity index is 936. The van der Waals surface area contributed by atoms with Crippen LogP contribution in [0.5, 0.6) is 5.75 Å². The highest BCUT2D eigenvalue weighted by Gasteiger charge is 2.14. The van der Waals surface area contributed by atoms with E-state index < -0.39 is 0 Å². The number of benzene rings is 3. The fourth-order valence-corrected chi connectivity index (χ4v) is 2.93. The van der Waals surface area contributed by atoms with Crippen LogP contribution in [0, 0.1) is 27.7 Å². The molecular weight excluding hydrogens is 284 g/mol. The zero-order valence-electron chi connectivity index (χ0n) is 13.9. The number of hydrogen-bond donors (Lipinski definition) is 1. The Morgan fingerprint density at radius 1 is 0.783 bits per heavy atom. The highest BCUT2D eigenvalue weighted by atomic mass is 16.3. The lowest BCUT2D eigenvalue weighted by molar-refractivity contribution is 0.112. The molecule has 0 saturated carbocycles. The molecule has 116 valence electrons. The minimum absolute atomic E-state index is 0.0608. The second kappa shape index (κ2) is 5.54. The van der Waals surface area contributed by atoms with Gasteiger partial charge in [-0.05, 0) is 78.6 Å². The summed E-state index contributed by atoms with van der Waals surface area (Å²) in [6.45, 7) is 8.23. The molecule has 2 heteroatoms. The van der Waals surface area contributed by atoms with Crippen LogP contribution >= 0.6 is 0 Å². The van der Waals surface area contributed by atoms with E-state index in [-0.39, 0.29) is 5.75 Å². The van der Waals surface area contributed by atoms with E-state index in [0.717, 1.165) is 27.5 Å². The number of aryl methyl sites for hydroxylation is 4. The van der Waals surface area contributed by atoms with Crippen LogP contribution in [0.4, 0.5) is 0 Å². The lowest BCUT2D eigenvalue weighted by atomic mass is 9.91. The molecule has 0 fully saturated rings. The molecule has 0 spiro atoms. The van der Waals surface area contributed by atoms with Crippen LogP contribution in [-0.4, -0.2) is 11.4 Å². The number of hydrogen-bond acceptors (Lipinski definition) is 2. The third-order valence-corrected chi connectivity index (χ3v) is 4.70. The van der Waals surface area contributed by atoms with E-state index in [4.69, 9.17) is 0 Å². The average molecular weight is 304 g/mol. The molecule has 0 aliphatic heterocycles. The first-order chi connectivity index (χ1) is 10.9. The molecule has 0 saturated heterocycles. The van der Waals surface area contributed by atoms with Crippen LogP contribution in [0.3, 0.4) is 0 Å². The summed E-state index contributed by atoms with van der Waals surface area (Å²) < 4.78 is 0. The lowest BCUT2D eigenvalue weighted by Crippen LogP contribution is -1.92. The van der Waals surface area contributed by atoms with E-state index in [2.05, 4.69) is 45.0 Å². The Hall–Kier alpha value is -2.61. The average Bonchev–Trinajstić information content (AvgIpc) is 2.53. The molecule has 0 aliphatic rings. The summed E-state index contributed by atoms with van der Waals surface area (Å²) >= 11 is 0. The Morgan fingerprint density at radius 2 is 1.39 bits per heavy atom. The summed E-state index contributed by atoms with van der Waals surface area (Å²) in [5.41, 5.74) is 7.08. The summed E-state index contributed by atoms with van der Waals surface area (Å²) in [4.78, 5) is 11.4. The third-order valence-electron chi connectivity index (χ3n) is 4.70. The van der Waals surface area contributed by atoms with Crippen molar-refractivity contribution in [3.05, 3.63) is 64.2 Å². The van der Waals surface area contributed by atoms with Gasteiger partial charge in [0.25, 0.3) is 0 Å². The highest BCUT2D eigenvalue weighted by molar-refractivity contribution is 6.05. The van der Waals surface area contributed by atoms with Crippen LogP contribution in [-0.2, 0) is 0 Å². The molecule has 0 unspecified atom stereocenters. The van der Waals surface area contributed by atoms with Crippen LogP contribution in [0.15, 0.2) is 36.4 Å². The van der Waals surface area contributed by atoms with Crippen molar-refractivity contribution in [3.63, 3.8) is 0 Å². The van der Waals surface area contributed by atoms with Gasteiger partial charge in [-0.25, -0.2) is 0 Å². The first kappa shape index (κ1) is 15.3. The molecule has 0 amide bonds. The van der Waals surface area contributed by atoms with Crippen molar-refractivity contribution in [2.24, 2.45) is 0 Å². The SMILES string of the molecule is Cc1ccc(-c2cc(C=O)c(O)c3cc(C)c(C)cc23)cc1C. The van der Waals surface area contributed by atoms with Gasteiger partial charge in [0.05, 0.1) is 5.56 Å². The molecule has 2 nitrogen and oxygen atoms in total. The number of phenolic OH excluding ortho intramolecular Hbond substituents is 1. The van der Waals surface area contributed by atoms with E-state index in [1.807, 2.05) is 13.0 Å². The maximum absolute atomic E-state index is 11.4. The monoisotopic (exact) mass is 304 g/mol. The number of rotatable bonds is 2. The zero-order chi connectivity index (χ0) is 16.7. The number of aldehydes is 1. The quantitative estimate of drug-likeness (QED) is 0.656. The maximum atomic E-state index is 11.4. The van der Waals surface area contributed by atoms with Crippen molar-refractivity contribution in [1.29, 1.82) is 0 Å². The van der Waals surface area contributed by atoms with E-state index in [0.29, 0.717) is 11.8 Å². The first-order valence-corrected chi connectivity index (χ1v) is 7.72. The summed E-state index contributed by atoms with van der Waals surface area (Å²) in [7, 11) is 0. The number of aromatic hydroxyl groups is 1. The fraction of sp³-hybridized carbons (Fsp3) is 0.190. The normalized spacial score (nSPS) is 11.0. The van der Waals surface area contributed by atoms with E-state index in [1.165, 1.54) is 16.7 Å². The largest absolute Gasteiger partial charge is 0.507 e. The van der Waals surface area contributed by atoms with Crippen molar-refractivity contribution in [2.75, 3.05) is 0 Å². The van der Waals surface area contributed by atoms with Crippen LogP contribution < -0.4 is 0 Å². The minimum Gasteiger partial charge on any atom is -0.507 e. The van der Waals surface area contributed by atoms with Crippen molar-refractivity contribution >= 4 is 17.1 Å². The minimum atomic E-state index is 0.0608. The standard InChI is InChI=1S/C21H20O2/c1-12-5-6-16(7-13(12)2)18-10-17(11-22)21(23)20-9-15(4)14(3)8-19(18)20/h5-11,23H,1-4H3. The molecular formula is C21H20O2. The van der Waals surface area contributed by atoms with Gasteiger partial charge in [-0.2, -0.15) is 0 Å². The van der Waals surface area contributed by atoms with Crippen molar-refractivity contribution in [1.82, 2.24) is 0 Å². The van der Waals surface area contributed by atoms with Gasteiger partial charge in [-0.15, -0.1) is 0 Å². The summed E-state index contributed by atoms with van der Waals surface area (Å²) in [6, 6.07) is 12.1. The van der Waals surface area contributed by atoms with Gasteiger partial charge in [-0.1, -0.05) is 24.3 Å². The van der Waals surface area contributed by atoms with Crippen molar-refractivity contribution in [2.45, 2.75) is 27.7 Å². The summed E-state index contributed by atoms with van der Waals surface area (Å²) in [5.74, 6) is 0.0608. The molecule has 0 heterocycles. The third kappa shape index (κ3) is 2.50. The molecule has 1 N–H and O–H groups in total. The highest BCUT2D eigenvalue weighted by Crippen LogP contribution is 2.38. The van der Waals surface area contributed by atoms with Crippen LogP contribution in [0.1, 0.15) is 32.6 Å². The van der Waals surface area contributed by atoms with Crippen LogP contribution in [0.2, 0.25) is 0 Å². The topological polar surface area (TPSA) is 37.3 Å². The smallest absolute Gasteiger partial charge is 0.153 e. The van der Waals surface area contributed by atoms with E-state index >= 15 is 0 Å². The van der Waals surface area contributed by atoms with Crippen LogP contribution in [0.25, 0.3) is 21.9 Å². The van der Waals surface area contributed by atoms with Crippen molar-refractivity contribution in [3.8, 4) is 16.9 Å². The molecule has 3 aromatic rings. The summed E-state index contributed by atoms with van der Waals surface area (Å²) in [5, 5.41) is 12.1. The molecule has 0 radical (unpaired) electrons. The molecule has 0 aliphatic carbocycles.